The zero-order valence-electron chi connectivity index (χ0n) is 12.6. The maximum absolute atomic E-state index is 9.44. The third kappa shape index (κ3) is 1.88. The first-order valence-corrected chi connectivity index (χ1v) is 8.02. The van der Waals surface area contributed by atoms with Gasteiger partial charge < -0.3 is 0 Å². The second-order valence-electron chi connectivity index (χ2n) is 6.61. The molecule has 5 nitrogen and oxygen atoms in total. The summed E-state index contributed by atoms with van der Waals surface area (Å²) in [4.78, 5) is 8.83. The van der Waals surface area contributed by atoms with E-state index in [2.05, 4.69) is 44.4 Å². The Morgan fingerprint density at radius 1 is 1.22 bits per heavy atom. The summed E-state index contributed by atoms with van der Waals surface area (Å²) in [5.41, 5.74) is 4.66. The van der Waals surface area contributed by atoms with Crippen LogP contribution in [0, 0.1) is 11.3 Å². The Kier molecular flexibility index (Phi) is 2.44. The van der Waals surface area contributed by atoms with Gasteiger partial charge in [-0.25, -0.2) is 9.97 Å². The molecule has 1 N–H and O–H groups in total. The lowest BCUT2D eigenvalue weighted by atomic mass is 9.94. The fraction of sp³-hybridized carbons (Fsp3) is 0.333. The standard InChI is InChI=1S/C18H15N5/c19-9-18(6-7-18)13-3-1-2-12(8-13)15-14-16(11-4-5-11)22-23-17(14)21-10-20-15/h1-3,8,10-11H,4-7H2,(H,20,21,22,23). The van der Waals surface area contributed by atoms with Crippen LogP contribution in [0.15, 0.2) is 30.6 Å². The average Bonchev–Trinajstić information content (AvgIpc) is 3.52. The van der Waals surface area contributed by atoms with E-state index >= 15 is 0 Å². The van der Waals surface area contributed by atoms with Gasteiger partial charge in [-0.2, -0.15) is 10.4 Å². The van der Waals surface area contributed by atoms with Gasteiger partial charge in [-0.15, -0.1) is 0 Å². The third-order valence-corrected chi connectivity index (χ3v) is 5.02. The minimum absolute atomic E-state index is 0.280. The van der Waals surface area contributed by atoms with E-state index in [0.717, 1.165) is 46.4 Å². The molecule has 0 atom stereocenters. The zero-order chi connectivity index (χ0) is 15.4. The lowest BCUT2D eigenvalue weighted by molar-refractivity contribution is 0.909. The van der Waals surface area contributed by atoms with E-state index in [4.69, 9.17) is 0 Å². The van der Waals surface area contributed by atoms with Crippen molar-refractivity contribution in [2.75, 3.05) is 0 Å². The fourth-order valence-corrected chi connectivity index (χ4v) is 3.32. The number of nitrogens with one attached hydrogen (secondary N) is 1. The molecule has 2 aliphatic rings. The van der Waals surface area contributed by atoms with Crippen LogP contribution in [0.25, 0.3) is 22.3 Å². The van der Waals surface area contributed by atoms with Crippen LogP contribution in [-0.4, -0.2) is 20.2 Å². The van der Waals surface area contributed by atoms with Crippen LogP contribution in [-0.2, 0) is 5.41 Å². The molecule has 0 saturated heterocycles. The third-order valence-electron chi connectivity index (χ3n) is 5.02. The predicted molar refractivity (Wildman–Crippen MR) is 85.6 cm³/mol. The van der Waals surface area contributed by atoms with E-state index in [0.29, 0.717) is 5.92 Å². The Bertz CT molecular complexity index is 957. The van der Waals surface area contributed by atoms with Gasteiger partial charge in [0, 0.05) is 11.5 Å². The van der Waals surface area contributed by atoms with Crippen LogP contribution < -0.4 is 0 Å². The van der Waals surface area contributed by atoms with E-state index < -0.39 is 0 Å². The summed E-state index contributed by atoms with van der Waals surface area (Å²) in [7, 11) is 0. The summed E-state index contributed by atoms with van der Waals surface area (Å²) in [5.74, 6) is 0.557. The fourth-order valence-electron chi connectivity index (χ4n) is 3.32. The molecule has 5 heteroatoms. The molecule has 5 rings (SSSR count). The highest BCUT2D eigenvalue weighted by molar-refractivity contribution is 5.92. The highest BCUT2D eigenvalue weighted by Gasteiger charge is 2.45. The van der Waals surface area contributed by atoms with Gasteiger partial charge in [-0.3, -0.25) is 5.10 Å². The Morgan fingerprint density at radius 3 is 2.83 bits per heavy atom. The summed E-state index contributed by atoms with van der Waals surface area (Å²) in [6.07, 6.45) is 5.86. The van der Waals surface area contributed by atoms with E-state index in [1.807, 2.05) is 6.07 Å². The minimum atomic E-state index is -0.280. The quantitative estimate of drug-likeness (QED) is 0.803. The molecule has 2 saturated carbocycles. The Morgan fingerprint density at radius 2 is 2.09 bits per heavy atom. The normalized spacial score (nSPS) is 18.7. The number of aromatic amines is 1. The zero-order valence-corrected chi connectivity index (χ0v) is 12.6. The number of hydrogen-bond donors (Lipinski definition) is 1. The summed E-state index contributed by atoms with van der Waals surface area (Å²) in [6, 6.07) is 10.7. The molecular weight excluding hydrogens is 286 g/mol. The molecule has 0 bridgehead atoms. The Labute approximate surface area is 133 Å². The molecule has 23 heavy (non-hydrogen) atoms. The second-order valence-corrected chi connectivity index (χ2v) is 6.61. The van der Waals surface area contributed by atoms with Crippen molar-refractivity contribution < 1.29 is 0 Å². The maximum atomic E-state index is 9.44. The van der Waals surface area contributed by atoms with Crippen molar-refractivity contribution in [3.8, 4) is 17.3 Å². The van der Waals surface area contributed by atoms with Crippen LogP contribution in [0.1, 0.15) is 42.9 Å². The van der Waals surface area contributed by atoms with Crippen LogP contribution in [0.4, 0.5) is 0 Å². The average molecular weight is 301 g/mol. The minimum Gasteiger partial charge on any atom is -0.279 e. The van der Waals surface area contributed by atoms with Crippen molar-refractivity contribution in [3.05, 3.63) is 41.9 Å². The summed E-state index contributed by atoms with van der Waals surface area (Å²) in [5, 5.41) is 18.0. The van der Waals surface area contributed by atoms with Crippen molar-refractivity contribution in [1.29, 1.82) is 5.26 Å². The first-order chi connectivity index (χ1) is 11.3. The molecular formula is C18H15N5. The highest BCUT2D eigenvalue weighted by Crippen LogP contribution is 2.48. The summed E-state index contributed by atoms with van der Waals surface area (Å²) >= 11 is 0. The van der Waals surface area contributed by atoms with Crippen LogP contribution >= 0.6 is 0 Å². The van der Waals surface area contributed by atoms with Gasteiger partial charge in [0.25, 0.3) is 0 Å². The van der Waals surface area contributed by atoms with Gasteiger partial charge in [0.2, 0.25) is 0 Å². The second kappa shape index (κ2) is 4.39. The van der Waals surface area contributed by atoms with Crippen molar-refractivity contribution in [2.24, 2.45) is 0 Å². The first kappa shape index (κ1) is 12.8. The molecule has 112 valence electrons. The van der Waals surface area contributed by atoms with Crippen LogP contribution in [0.3, 0.4) is 0 Å². The predicted octanol–water partition coefficient (Wildman–Crippen LogP) is 3.45. The molecule has 0 spiro atoms. The van der Waals surface area contributed by atoms with E-state index in [1.165, 1.54) is 12.8 Å². The number of nitrogens with zero attached hydrogens (tertiary/aromatic N) is 4. The number of benzene rings is 1. The van der Waals surface area contributed by atoms with Crippen molar-refractivity contribution in [2.45, 2.75) is 37.0 Å². The molecule has 0 amide bonds. The highest BCUT2D eigenvalue weighted by atomic mass is 15.2. The molecule has 3 aromatic rings. The van der Waals surface area contributed by atoms with E-state index in [1.54, 1.807) is 6.33 Å². The molecule has 1 aromatic carbocycles. The first-order valence-electron chi connectivity index (χ1n) is 8.02. The van der Waals surface area contributed by atoms with E-state index in [9.17, 15) is 5.26 Å². The van der Waals surface area contributed by atoms with E-state index in [-0.39, 0.29) is 5.41 Å². The summed E-state index contributed by atoms with van der Waals surface area (Å²) in [6.45, 7) is 0. The lowest BCUT2D eigenvalue weighted by Gasteiger charge is -2.09. The monoisotopic (exact) mass is 301 g/mol. The molecule has 2 aliphatic carbocycles. The Balaban J connectivity index is 1.70. The number of rotatable bonds is 3. The van der Waals surface area contributed by atoms with Crippen LogP contribution in [0.5, 0.6) is 0 Å². The molecule has 2 aromatic heterocycles. The van der Waals surface area contributed by atoms with Gasteiger partial charge in [-0.05, 0) is 37.3 Å². The Hall–Kier alpha value is -2.74. The number of nitriles is 1. The molecule has 0 radical (unpaired) electrons. The molecule has 0 aliphatic heterocycles. The van der Waals surface area contributed by atoms with Gasteiger partial charge in [-0.1, -0.05) is 18.2 Å². The summed E-state index contributed by atoms with van der Waals surface area (Å²) < 4.78 is 0. The van der Waals surface area contributed by atoms with Gasteiger partial charge in [0.15, 0.2) is 5.65 Å². The van der Waals surface area contributed by atoms with Gasteiger partial charge in [0.1, 0.15) is 6.33 Å². The van der Waals surface area contributed by atoms with Crippen molar-refractivity contribution in [3.63, 3.8) is 0 Å². The topological polar surface area (TPSA) is 78.2 Å². The van der Waals surface area contributed by atoms with Crippen molar-refractivity contribution in [1.82, 2.24) is 20.2 Å². The number of hydrogen-bond acceptors (Lipinski definition) is 4. The van der Waals surface area contributed by atoms with Gasteiger partial charge >= 0.3 is 0 Å². The number of aromatic nitrogens is 4. The van der Waals surface area contributed by atoms with Crippen molar-refractivity contribution >= 4 is 11.0 Å². The number of fused-ring (bicyclic) bond motifs is 1. The SMILES string of the molecule is N#CC1(c2cccc(-c3ncnc4n[nH]c(C5CC5)c34)c2)CC1. The number of H-pyrrole nitrogens is 1. The molecule has 2 fully saturated rings. The smallest absolute Gasteiger partial charge is 0.184 e. The lowest BCUT2D eigenvalue weighted by Crippen LogP contribution is -2.02. The van der Waals surface area contributed by atoms with Gasteiger partial charge in [0.05, 0.1) is 28.3 Å². The van der Waals surface area contributed by atoms with Crippen LogP contribution in [0.2, 0.25) is 0 Å². The molecule has 0 unspecified atom stereocenters. The largest absolute Gasteiger partial charge is 0.279 e. The maximum Gasteiger partial charge on any atom is 0.184 e. The molecule has 2 heterocycles.